The van der Waals surface area contributed by atoms with Gasteiger partial charge in [-0.1, -0.05) is 55.7 Å². The molecule has 7 nitrogen and oxygen atoms in total. The number of rotatable bonds is 5. The van der Waals surface area contributed by atoms with Crippen LogP contribution in [0.4, 0.5) is 5.69 Å². The number of carbonyl (C=O) groups is 2. The third-order valence-corrected chi connectivity index (χ3v) is 5.46. The molecule has 0 aliphatic heterocycles. The lowest BCUT2D eigenvalue weighted by molar-refractivity contribution is -0.122. The molecule has 0 bridgehead atoms. The molecule has 0 spiro atoms. The molecule has 1 amide bonds. The van der Waals surface area contributed by atoms with Crippen LogP contribution in [0.3, 0.4) is 0 Å². The number of fused-ring (bicyclic) bond motifs is 1. The van der Waals surface area contributed by atoms with Crippen LogP contribution in [0.1, 0.15) is 42.6 Å². The number of amides is 1. The highest BCUT2D eigenvalue weighted by molar-refractivity contribution is 6.03. The van der Waals surface area contributed by atoms with Crippen molar-refractivity contribution in [2.24, 2.45) is 0 Å². The first-order chi connectivity index (χ1) is 14.6. The number of aromatic nitrogens is 2. The number of para-hydroxylation sites is 1. The van der Waals surface area contributed by atoms with E-state index in [1.807, 2.05) is 30.3 Å². The molecular formula is C23H23N3O4. The van der Waals surface area contributed by atoms with Crippen LogP contribution in [0.2, 0.25) is 0 Å². The molecule has 0 radical (unpaired) electrons. The van der Waals surface area contributed by atoms with Crippen LogP contribution in [-0.2, 0) is 9.53 Å². The quantitative estimate of drug-likeness (QED) is 0.657. The average Bonchev–Trinajstić information content (AvgIpc) is 2.79. The van der Waals surface area contributed by atoms with E-state index in [4.69, 9.17) is 4.74 Å². The van der Waals surface area contributed by atoms with E-state index in [1.165, 1.54) is 6.42 Å². The predicted octanol–water partition coefficient (Wildman–Crippen LogP) is 3.45. The van der Waals surface area contributed by atoms with Gasteiger partial charge in [0.2, 0.25) is 0 Å². The number of hydrogen-bond donors (Lipinski definition) is 1. The summed E-state index contributed by atoms with van der Waals surface area (Å²) in [6, 6.07) is 16.2. The van der Waals surface area contributed by atoms with Gasteiger partial charge in [-0.05, 0) is 31.0 Å². The number of anilines is 1. The predicted molar refractivity (Wildman–Crippen MR) is 113 cm³/mol. The highest BCUT2D eigenvalue weighted by Crippen LogP contribution is 2.27. The van der Waals surface area contributed by atoms with Crippen molar-refractivity contribution in [3.8, 4) is 0 Å². The van der Waals surface area contributed by atoms with Crippen LogP contribution >= 0.6 is 0 Å². The van der Waals surface area contributed by atoms with Crippen molar-refractivity contribution >= 4 is 28.3 Å². The molecule has 4 rings (SSSR count). The molecule has 1 heterocycles. The highest BCUT2D eigenvalue weighted by Gasteiger charge is 2.28. The third-order valence-electron chi connectivity index (χ3n) is 5.46. The Balaban J connectivity index is 1.53. The van der Waals surface area contributed by atoms with Crippen LogP contribution < -0.4 is 10.5 Å². The van der Waals surface area contributed by atoms with Crippen molar-refractivity contribution in [3.63, 3.8) is 0 Å². The number of ether oxygens (including phenoxy) is 1. The van der Waals surface area contributed by atoms with E-state index < -0.39 is 5.97 Å². The molecular weight excluding hydrogens is 382 g/mol. The summed E-state index contributed by atoms with van der Waals surface area (Å²) in [5.74, 6) is -1.01. The molecule has 1 N–H and O–H groups in total. The molecule has 2 aromatic carbocycles. The summed E-state index contributed by atoms with van der Waals surface area (Å²) in [5, 5.41) is 6.89. The molecule has 30 heavy (non-hydrogen) atoms. The molecule has 0 unspecified atom stereocenters. The van der Waals surface area contributed by atoms with E-state index in [1.54, 1.807) is 29.2 Å². The summed E-state index contributed by atoms with van der Waals surface area (Å²) in [4.78, 5) is 39.4. The second kappa shape index (κ2) is 8.90. The Morgan fingerprint density at radius 3 is 2.37 bits per heavy atom. The van der Waals surface area contributed by atoms with Crippen LogP contribution in [-0.4, -0.2) is 34.7 Å². The summed E-state index contributed by atoms with van der Waals surface area (Å²) in [6.45, 7) is -0.390. The Labute approximate surface area is 173 Å². The number of esters is 1. The minimum absolute atomic E-state index is 0.0121. The second-order valence-electron chi connectivity index (χ2n) is 7.41. The zero-order chi connectivity index (χ0) is 20.9. The van der Waals surface area contributed by atoms with E-state index >= 15 is 0 Å². The lowest BCUT2D eigenvalue weighted by atomic mass is 9.93. The molecule has 0 saturated heterocycles. The molecule has 1 aliphatic carbocycles. The Morgan fingerprint density at radius 2 is 1.63 bits per heavy atom. The largest absolute Gasteiger partial charge is 0.451 e. The SMILES string of the molecule is O=C(OCC(=O)N(c1ccccc1)C1CCCCC1)c1n[nH]c(=O)c2ccccc12. The number of benzene rings is 2. The summed E-state index contributed by atoms with van der Waals surface area (Å²) in [5.41, 5.74) is 0.408. The van der Waals surface area contributed by atoms with Gasteiger partial charge in [0, 0.05) is 17.1 Å². The number of aromatic amines is 1. The van der Waals surface area contributed by atoms with Gasteiger partial charge in [0.15, 0.2) is 12.3 Å². The minimum Gasteiger partial charge on any atom is -0.451 e. The van der Waals surface area contributed by atoms with Gasteiger partial charge < -0.3 is 9.64 Å². The van der Waals surface area contributed by atoms with Crippen molar-refractivity contribution in [2.45, 2.75) is 38.1 Å². The first-order valence-electron chi connectivity index (χ1n) is 10.2. The van der Waals surface area contributed by atoms with E-state index in [0.29, 0.717) is 10.8 Å². The maximum atomic E-state index is 13.1. The average molecular weight is 405 g/mol. The van der Waals surface area contributed by atoms with Gasteiger partial charge in [-0.15, -0.1) is 0 Å². The van der Waals surface area contributed by atoms with Crippen molar-refractivity contribution in [1.29, 1.82) is 0 Å². The van der Waals surface area contributed by atoms with E-state index in [0.717, 1.165) is 31.4 Å². The number of nitrogens with one attached hydrogen (secondary N) is 1. The molecule has 0 atom stereocenters. The number of nitrogens with zero attached hydrogens (tertiary/aromatic N) is 2. The molecule has 7 heteroatoms. The molecule has 3 aromatic rings. The number of carbonyl (C=O) groups excluding carboxylic acids is 2. The topological polar surface area (TPSA) is 92.4 Å². The van der Waals surface area contributed by atoms with Gasteiger partial charge in [-0.3, -0.25) is 9.59 Å². The molecule has 1 fully saturated rings. The smallest absolute Gasteiger partial charge is 0.359 e. The summed E-state index contributed by atoms with van der Waals surface area (Å²) >= 11 is 0. The van der Waals surface area contributed by atoms with Crippen LogP contribution in [0.5, 0.6) is 0 Å². The summed E-state index contributed by atoms with van der Waals surface area (Å²) < 4.78 is 5.32. The Kier molecular flexibility index (Phi) is 5.88. The van der Waals surface area contributed by atoms with Crippen LogP contribution in [0.15, 0.2) is 59.4 Å². The second-order valence-corrected chi connectivity index (χ2v) is 7.41. The van der Waals surface area contributed by atoms with Gasteiger partial charge in [0.25, 0.3) is 11.5 Å². The van der Waals surface area contributed by atoms with Crippen molar-refractivity contribution in [1.82, 2.24) is 10.2 Å². The van der Waals surface area contributed by atoms with Gasteiger partial charge >= 0.3 is 5.97 Å². The monoisotopic (exact) mass is 405 g/mol. The van der Waals surface area contributed by atoms with E-state index in [9.17, 15) is 14.4 Å². The van der Waals surface area contributed by atoms with E-state index in [-0.39, 0.29) is 29.8 Å². The first-order valence-corrected chi connectivity index (χ1v) is 10.2. The summed E-state index contributed by atoms with van der Waals surface area (Å²) in [7, 11) is 0. The minimum atomic E-state index is -0.743. The van der Waals surface area contributed by atoms with Gasteiger partial charge in [-0.25, -0.2) is 9.89 Å². The molecule has 154 valence electrons. The Bertz CT molecular complexity index is 1100. The van der Waals surface area contributed by atoms with Crippen LogP contribution in [0, 0.1) is 0 Å². The molecule has 1 saturated carbocycles. The van der Waals surface area contributed by atoms with Crippen molar-refractivity contribution < 1.29 is 14.3 Å². The fraction of sp³-hybridized carbons (Fsp3) is 0.304. The van der Waals surface area contributed by atoms with Crippen molar-refractivity contribution in [2.75, 3.05) is 11.5 Å². The van der Waals surface area contributed by atoms with Crippen molar-refractivity contribution in [3.05, 3.63) is 70.6 Å². The standard InChI is InChI=1S/C23H23N3O4/c27-20(26(16-9-3-1-4-10-16)17-11-5-2-6-12-17)15-30-23(29)21-18-13-7-8-14-19(18)22(28)25-24-21/h1,3-4,7-10,13-14,17H,2,5-6,11-12,15H2,(H,25,28). The lowest BCUT2D eigenvalue weighted by Gasteiger charge is -2.34. The fourth-order valence-corrected chi connectivity index (χ4v) is 4.02. The summed E-state index contributed by atoms with van der Waals surface area (Å²) in [6.07, 6.45) is 5.19. The lowest BCUT2D eigenvalue weighted by Crippen LogP contribution is -2.44. The highest BCUT2D eigenvalue weighted by atomic mass is 16.5. The van der Waals surface area contributed by atoms with Gasteiger partial charge in [-0.2, -0.15) is 5.10 Å². The fourth-order valence-electron chi connectivity index (χ4n) is 4.02. The van der Waals surface area contributed by atoms with Crippen LogP contribution in [0.25, 0.3) is 10.8 Å². The maximum Gasteiger partial charge on any atom is 0.359 e. The Hall–Kier alpha value is -3.48. The van der Waals surface area contributed by atoms with Gasteiger partial charge in [0.05, 0.1) is 5.39 Å². The van der Waals surface area contributed by atoms with Gasteiger partial charge in [0.1, 0.15) is 0 Å². The maximum absolute atomic E-state index is 13.1. The number of hydrogen-bond acceptors (Lipinski definition) is 5. The third kappa shape index (κ3) is 4.10. The zero-order valence-corrected chi connectivity index (χ0v) is 16.5. The zero-order valence-electron chi connectivity index (χ0n) is 16.5. The molecule has 1 aliphatic rings. The normalized spacial score (nSPS) is 14.4. The molecule has 1 aromatic heterocycles. The van der Waals surface area contributed by atoms with E-state index in [2.05, 4.69) is 10.2 Å². The Morgan fingerprint density at radius 1 is 0.967 bits per heavy atom. The first kappa shape index (κ1) is 19.8. The number of H-pyrrole nitrogens is 1.